The number of anilines is 2. The van der Waals surface area contributed by atoms with E-state index < -0.39 is 11.9 Å². The SMILES string of the molecule is CCCCCCC(=O)Nc1c(N)ccc2c1CN(C1CCC(=O)NC1=O)C2=O. The van der Waals surface area contributed by atoms with E-state index in [1.165, 1.54) is 4.90 Å². The van der Waals surface area contributed by atoms with Crippen molar-refractivity contribution in [1.29, 1.82) is 0 Å². The second-order valence-corrected chi connectivity index (χ2v) is 7.31. The molecular weight excluding hydrogens is 360 g/mol. The van der Waals surface area contributed by atoms with Crippen LogP contribution in [0.5, 0.6) is 0 Å². The van der Waals surface area contributed by atoms with Gasteiger partial charge in [-0.15, -0.1) is 0 Å². The van der Waals surface area contributed by atoms with Crippen molar-refractivity contribution in [3.05, 3.63) is 23.3 Å². The molecule has 1 aromatic rings. The number of carbonyl (C=O) groups excluding carboxylic acids is 4. The summed E-state index contributed by atoms with van der Waals surface area (Å²) in [4.78, 5) is 50.1. The highest BCUT2D eigenvalue weighted by molar-refractivity contribution is 6.07. The van der Waals surface area contributed by atoms with Crippen molar-refractivity contribution < 1.29 is 19.2 Å². The summed E-state index contributed by atoms with van der Waals surface area (Å²) in [5.74, 6) is -1.22. The molecule has 28 heavy (non-hydrogen) atoms. The number of hydrogen-bond acceptors (Lipinski definition) is 5. The van der Waals surface area contributed by atoms with Crippen molar-refractivity contribution in [2.24, 2.45) is 0 Å². The maximum absolute atomic E-state index is 12.8. The Kier molecular flexibility index (Phi) is 5.96. The molecule has 2 aliphatic heterocycles. The summed E-state index contributed by atoms with van der Waals surface area (Å²) < 4.78 is 0. The quantitative estimate of drug-likeness (QED) is 0.376. The number of imide groups is 1. The van der Waals surface area contributed by atoms with Gasteiger partial charge in [-0.25, -0.2) is 0 Å². The van der Waals surface area contributed by atoms with Gasteiger partial charge in [0.2, 0.25) is 17.7 Å². The van der Waals surface area contributed by atoms with E-state index in [-0.39, 0.29) is 30.7 Å². The van der Waals surface area contributed by atoms with Gasteiger partial charge >= 0.3 is 0 Å². The van der Waals surface area contributed by atoms with Crippen molar-refractivity contribution in [1.82, 2.24) is 10.2 Å². The van der Waals surface area contributed by atoms with Crippen LogP contribution in [0.3, 0.4) is 0 Å². The Morgan fingerprint density at radius 2 is 2.04 bits per heavy atom. The number of carbonyl (C=O) groups is 4. The van der Waals surface area contributed by atoms with E-state index in [1.54, 1.807) is 12.1 Å². The second kappa shape index (κ2) is 8.41. The molecule has 2 aliphatic rings. The number of piperidine rings is 1. The zero-order valence-corrected chi connectivity index (χ0v) is 16.0. The van der Waals surface area contributed by atoms with Crippen molar-refractivity contribution in [3.8, 4) is 0 Å². The number of rotatable bonds is 7. The monoisotopic (exact) mass is 386 g/mol. The second-order valence-electron chi connectivity index (χ2n) is 7.31. The number of nitrogens with zero attached hydrogens (tertiary/aromatic N) is 1. The van der Waals surface area contributed by atoms with Crippen LogP contribution in [0.15, 0.2) is 12.1 Å². The molecule has 8 heteroatoms. The number of unbranched alkanes of at least 4 members (excludes halogenated alkanes) is 3. The number of nitrogens with two attached hydrogens (primary N) is 1. The van der Waals surface area contributed by atoms with Crippen molar-refractivity contribution in [2.45, 2.75) is 64.5 Å². The van der Waals surface area contributed by atoms with E-state index in [9.17, 15) is 19.2 Å². The largest absolute Gasteiger partial charge is 0.397 e. The molecule has 0 saturated carbocycles. The minimum atomic E-state index is -0.698. The first-order valence-electron chi connectivity index (χ1n) is 9.78. The Bertz CT molecular complexity index is 821. The molecule has 1 atom stereocenters. The summed E-state index contributed by atoms with van der Waals surface area (Å²) in [6.07, 6.45) is 4.86. The van der Waals surface area contributed by atoms with Gasteiger partial charge < -0.3 is 16.0 Å². The first kappa shape index (κ1) is 19.9. The van der Waals surface area contributed by atoms with E-state index in [0.29, 0.717) is 35.3 Å². The molecule has 1 unspecified atom stereocenters. The van der Waals surface area contributed by atoms with Gasteiger partial charge in [-0.05, 0) is 25.0 Å². The molecule has 8 nitrogen and oxygen atoms in total. The van der Waals surface area contributed by atoms with Gasteiger partial charge in [-0.3, -0.25) is 24.5 Å². The molecule has 0 aromatic heterocycles. The van der Waals surface area contributed by atoms with E-state index in [0.717, 1.165) is 25.7 Å². The average Bonchev–Trinajstić information content (AvgIpc) is 2.98. The van der Waals surface area contributed by atoms with Gasteiger partial charge in [-0.2, -0.15) is 0 Å². The van der Waals surface area contributed by atoms with Crippen LogP contribution in [0, 0.1) is 0 Å². The fourth-order valence-corrected chi connectivity index (χ4v) is 3.72. The van der Waals surface area contributed by atoms with E-state index in [1.807, 2.05) is 0 Å². The van der Waals surface area contributed by atoms with Gasteiger partial charge in [0.15, 0.2) is 0 Å². The third kappa shape index (κ3) is 4.00. The molecule has 1 aromatic carbocycles. The summed E-state index contributed by atoms with van der Waals surface area (Å²) in [5.41, 5.74) is 7.95. The fraction of sp³-hybridized carbons (Fsp3) is 0.500. The maximum Gasteiger partial charge on any atom is 0.255 e. The van der Waals surface area contributed by atoms with Crippen LogP contribution in [-0.4, -0.2) is 34.6 Å². The first-order chi connectivity index (χ1) is 13.4. The smallest absolute Gasteiger partial charge is 0.255 e. The Morgan fingerprint density at radius 3 is 2.75 bits per heavy atom. The topological polar surface area (TPSA) is 122 Å². The van der Waals surface area contributed by atoms with Crippen LogP contribution in [-0.2, 0) is 20.9 Å². The highest BCUT2D eigenvalue weighted by Gasteiger charge is 2.40. The Hall–Kier alpha value is -2.90. The summed E-state index contributed by atoms with van der Waals surface area (Å²) in [6, 6.07) is 2.52. The number of benzene rings is 1. The lowest BCUT2D eigenvalue weighted by molar-refractivity contribution is -0.137. The van der Waals surface area contributed by atoms with Crippen LogP contribution in [0.25, 0.3) is 0 Å². The molecule has 0 radical (unpaired) electrons. The van der Waals surface area contributed by atoms with Gasteiger partial charge in [0.05, 0.1) is 11.4 Å². The van der Waals surface area contributed by atoms with Gasteiger partial charge in [0.1, 0.15) is 6.04 Å². The molecule has 3 rings (SSSR count). The highest BCUT2D eigenvalue weighted by Crippen LogP contribution is 2.35. The van der Waals surface area contributed by atoms with Crippen molar-refractivity contribution >= 4 is 35.0 Å². The summed E-state index contributed by atoms with van der Waals surface area (Å²) in [7, 11) is 0. The highest BCUT2D eigenvalue weighted by atomic mass is 16.2. The maximum atomic E-state index is 12.8. The Balaban J connectivity index is 1.75. The van der Waals surface area contributed by atoms with Crippen LogP contribution in [0.2, 0.25) is 0 Å². The minimum absolute atomic E-state index is 0.136. The van der Waals surface area contributed by atoms with Crippen LogP contribution < -0.4 is 16.4 Å². The summed E-state index contributed by atoms with van der Waals surface area (Å²) in [6.45, 7) is 2.29. The van der Waals surface area contributed by atoms with Crippen LogP contribution in [0.1, 0.15) is 67.8 Å². The van der Waals surface area contributed by atoms with Gasteiger partial charge in [0, 0.05) is 30.5 Å². The molecule has 1 saturated heterocycles. The normalized spacial score (nSPS) is 18.8. The predicted octanol–water partition coefficient (Wildman–Crippen LogP) is 1.94. The van der Waals surface area contributed by atoms with Crippen LogP contribution >= 0.6 is 0 Å². The van der Waals surface area contributed by atoms with Crippen molar-refractivity contribution in [2.75, 3.05) is 11.1 Å². The molecule has 2 heterocycles. The molecule has 0 aliphatic carbocycles. The van der Waals surface area contributed by atoms with Crippen LogP contribution in [0.4, 0.5) is 11.4 Å². The first-order valence-corrected chi connectivity index (χ1v) is 9.78. The zero-order chi connectivity index (χ0) is 20.3. The Morgan fingerprint density at radius 1 is 1.25 bits per heavy atom. The number of fused-ring (bicyclic) bond motifs is 1. The number of nitrogen functional groups attached to an aromatic ring is 1. The molecule has 0 bridgehead atoms. The molecule has 4 N–H and O–H groups in total. The minimum Gasteiger partial charge on any atom is -0.397 e. The molecule has 0 spiro atoms. The van der Waals surface area contributed by atoms with Crippen molar-refractivity contribution in [3.63, 3.8) is 0 Å². The average molecular weight is 386 g/mol. The van der Waals surface area contributed by atoms with E-state index >= 15 is 0 Å². The standard InChI is InChI=1S/C20H26N4O4/c1-2-3-4-5-6-16(25)22-18-13-11-24(15-9-10-17(26)23-19(15)27)20(28)12(13)7-8-14(18)21/h7-8,15H,2-6,9-11,21H2,1H3,(H,22,25)(H,23,26,27). The third-order valence-electron chi connectivity index (χ3n) is 5.27. The van der Waals surface area contributed by atoms with Gasteiger partial charge in [-0.1, -0.05) is 26.2 Å². The van der Waals surface area contributed by atoms with E-state index in [4.69, 9.17) is 5.73 Å². The lowest BCUT2D eigenvalue weighted by atomic mass is 10.0. The fourth-order valence-electron chi connectivity index (χ4n) is 3.72. The summed E-state index contributed by atoms with van der Waals surface area (Å²) >= 11 is 0. The number of nitrogens with one attached hydrogen (secondary N) is 2. The molecular formula is C20H26N4O4. The van der Waals surface area contributed by atoms with E-state index in [2.05, 4.69) is 17.6 Å². The zero-order valence-electron chi connectivity index (χ0n) is 16.0. The Labute approximate surface area is 163 Å². The number of hydrogen-bond donors (Lipinski definition) is 3. The lowest BCUT2D eigenvalue weighted by Crippen LogP contribution is -2.52. The summed E-state index contributed by atoms with van der Waals surface area (Å²) in [5, 5.41) is 5.13. The molecule has 4 amide bonds. The third-order valence-corrected chi connectivity index (χ3v) is 5.27. The predicted molar refractivity (Wildman–Crippen MR) is 104 cm³/mol. The molecule has 150 valence electrons. The lowest BCUT2D eigenvalue weighted by Gasteiger charge is -2.29. The number of amides is 4. The van der Waals surface area contributed by atoms with Gasteiger partial charge in [0.25, 0.3) is 5.91 Å². The molecule has 1 fully saturated rings.